The first-order valence-corrected chi connectivity index (χ1v) is 9.83. The fourth-order valence-electron chi connectivity index (χ4n) is 4.42. The average molecular weight is 364 g/mol. The van der Waals surface area contributed by atoms with Crippen LogP contribution in [0.1, 0.15) is 41.9 Å². The van der Waals surface area contributed by atoms with Gasteiger partial charge in [0.1, 0.15) is 6.33 Å². The van der Waals surface area contributed by atoms with Crippen molar-refractivity contribution < 1.29 is 5.11 Å². The van der Waals surface area contributed by atoms with E-state index in [1.54, 1.807) is 6.33 Å². The highest BCUT2D eigenvalue weighted by Crippen LogP contribution is 2.34. The second-order valence-corrected chi connectivity index (χ2v) is 7.78. The van der Waals surface area contributed by atoms with Crippen molar-refractivity contribution in [2.75, 3.05) is 20.2 Å². The largest absolute Gasteiger partial charge is 0.395 e. The molecule has 1 aliphatic carbocycles. The van der Waals surface area contributed by atoms with Crippen molar-refractivity contribution in [1.82, 2.24) is 20.2 Å². The van der Waals surface area contributed by atoms with Crippen molar-refractivity contribution in [3.05, 3.63) is 65.8 Å². The summed E-state index contributed by atoms with van der Waals surface area (Å²) in [5.41, 5.74) is 5.26. The molecule has 1 fully saturated rings. The summed E-state index contributed by atoms with van der Waals surface area (Å²) in [4.78, 5) is 10.5. The van der Waals surface area contributed by atoms with E-state index in [9.17, 15) is 5.11 Å². The molecule has 1 aromatic heterocycles. The van der Waals surface area contributed by atoms with Crippen LogP contribution in [0.4, 0.5) is 0 Å². The van der Waals surface area contributed by atoms with Gasteiger partial charge >= 0.3 is 0 Å². The van der Waals surface area contributed by atoms with Crippen molar-refractivity contribution in [3.63, 3.8) is 0 Å². The third-order valence-corrected chi connectivity index (χ3v) is 5.77. The molecule has 5 nitrogen and oxygen atoms in total. The van der Waals surface area contributed by atoms with Gasteiger partial charge in [-0.1, -0.05) is 30.3 Å². The number of aromatic nitrogens is 2. The Bertz CT molecular complexity index is 775. The smallest absolute Gasteiger partial charge is 0.115 e. The van der Waals surface area contributed by atoms with Crippen LogP contribution in [0.5, 0.6) is 0 Å². The Morgan fingerprint density at radius 3 is 2.59 bits per heavy atom. The van der Waals surface area contributed by atoms with Crippen LogP contribution in [0.2, 0.25) is 0 Å². The Morgan fingerprint density at radius 2 is 1.93 bits per heavy atom. The van der Waals surface area contributed by atoms with Gasteiger partial charge in [-0.05, 0) is 43.0 Å². The summed E-state index contributed by atoms with van der Waals surface area (Å²) >= 11 is 0. The van der Waals surface area contributed by atoms with Gasteiger partial charge in [-0.2, -0.15) is 0 Å². The molecule has 4 rings (SSSR count). The lowest BCUT2D eigenvalue weighted by molar-refractivity contribution is 0.103. The molecule has 2 aliphatic rings. The number of aliphatic hydroxyl groups is 1. The van der Waals surface area contributed by atoms with E-state index in [2.05, 4.69) is 57.6 Å². The van der Waals surface area contributed by atoms with E-state index in [4.69, 9.17) is 0 Å². The highest BCUT2D eigenvalue weighted by molar-refractivity contribution is 5.67. The van der Waals surface area contributed by atoms with Gasteiger partial charge in [-0.25, -0.2) is 9.97 Å². The summed E-state index contributed by atoms with van der Waals surface area (Å²) < 4.78 is 0. The number of rotatable bonds is 7. The maximum Gasteiger partial charge on any atom is 0.115 e. The number of nitrogens with zero attached hydrogens (tertiary/aromatic N) is 3. The minimum absolute atomic E-state index is 0.139. The minimum atomic E-state index is 0.139. The fraction of sp³-hybridized carbons (Fsp3) is 0.455. The Labute approximate surface area is 161 Å². The monoisotopic (exact) mass is 364 g/mol. The zero-order valence-corrected chi connectivity index (χ0v) is 15.9. The second-order valence-electron chi connectivity index (χ2n) is 7.78. The number of aliphatic hydroxyl groups excluding tert-OH is 1. The lowest BCUT2D eigenvalue weighted by Crippen LogP contribution is -2.64. The molecule has 0 saturated carbocycles. The zero-order valence-electron chi connectivity index (χ0n) is 15.9. The number of hydrogen-bond donors (Lipinski definition) is 2. The van der Waals surface area contributed by atoms with Crippen LogP contribution >= 0.6 is 0 Å². The minimum Gasteiger partial charge on any atom is -0.395 e. The van der Waals surface area contributed by atoms with E-state index < -0.39 is 0 Å². The van der Waals surface area contributed by atoms with Crippen LogP contribution in [0.25, 0.3) is 5.57 Å². The van der Waals surface area contributed by atoms with E-state index in [1.165, 1.54) is 36.0 Å². The number of allylic oxidation sites excluding steroid dienone is 2. The van der Waals surface area contributed by atoms with Crippen LogP contribution < -0.4 is 5.32 Å². The molecular weight excluding hydrogens is 336 g/mol. The lowest BCUT2D eigenvalue weighted by atomic mass is 9.77. The Balaban J connectivity index is 1.41. The Hall–Kier alpha value is -2.08. The van der Waals surface area contributed by atoms with E-state index in [0.29, 0.717) is 12.0 Å². The highest BCUT2D eigenvalue weighted by atomic mass is 16.3. The molecule has 0 spiro atoms. The van der Waals surface area contributed by atoms with E-state index in [0.717, 1.165) is 18.7 Å². The number of hydrogen-bond acceptors (Lipinski definition) is 5. The van der Waals surface area contributed by atoms with Crippen molar-refractivity contribution in [2.45, 2.75) is 43.8 Å². The molecule has 2 heterocycles. The van der Waals surface area contributed by atoms with Gasteiger partial charge in [0.15, 0.2) is 0 Å². The van der Waals surface area contributed by atoms with Gasteiger partial charge in [-0.3, -0.25) is 0 Å². The maximum absolute atomic E-state index is 9.73. The van der Waals surface area contributed by atoms with Crippen LogP contribution in [0, 0.1) is 0 Å². The lowest BCUT2D eigenvalue weighted by Gasteiger charge is -2.47. The molecule has 0 bridgehead atoms. The van der Waals surface area contributed by atoms with Crippen LogP contribution in [-0.4, -0.2) is 52.3 Å². The van der Waals surface area contributed by atoms with Gasteiger partial charge in [-0.15, -0.1) is 0 Å². The van der Waals surface area contributed by atoms with Crippen LogP contribution in [0.3, 0.4) is 0 Å². The highest BCUT2D eigenvalue weighted by Gasteiger charge is 2.41. The molecule has 27 heavy (non-hydrogen) atoms. The first-order chi connectivity index (χ1) is 13.2. The first kappa shape index (κ1) is 18.3. The average Bonchev–Trinajstić information content (AvgIpc) is 3.21. The van der Waals surface area contributed by atoms with Crippen molar-refractivity contribution in [2.24, 2.45) is 0 Å². The summed E-state index contributed by atoms with van der Waals surface area (Å²) in [7, 11) is 2.12. The molecular formula is C22H28N4O. The van der Waals surface area contributed by atoms with E-state index in [-0.39, 0.29) is 12.6 Å². The van der Waals surface area contributed by atoms with E-state index >= 15 is 0 Å². The zero-order chi connectivity index (χ0) is 18.6. The van der Waals surface area contributed by atoms with Gasteiger partial charge in [0, 0.05) is 49.0 Å². The molecule has 0 radical (unpaired) electrons. The standard InChI is InChI=1S/C22H28N4O/c1-26(12-16-10-23-15-24-11-16)13-20-22(21(14-27)25-20)19-8-6-18(7-9-19)17-4-2-3-5-17/h4,6-11,15,20-22,25,27H,2-3,5,12-14H2,1H3/t20-,21+,22+/m0/s1. The molecule has 2 aromatic rings. The second kappa shape index (κ2) is 8.30. The van der Waals surface area contributed by atoms with Gasteiger partial charge in [0.25, 0.3) is 0 Å². The molecule has 0 amide bonds. The first-order valence-electron chi connectivity index (χ1n) is 9.83. The molecule has 5 heteroatoms. The molecule has 1 aliphatic heterocycles. The van der Waals surface area contributed by atoms with Gasteiger partial charge < -0.3 is 15.3 Å². The third-order valence-electron chi connectivity index (χ3n) is 5.77. The predicted molar refractivity (Wildman–Crippen MR) is 107 cm³/mol. The molecule has 2 N–H and O–H groups in total. The normalized spacial score (nSPS) is 24.7. The maximum atomic E-state index is 9.73. The molecule has 3 atom stereocenters. The summed E-state index contributed by atoms with van der Waals surface area (Å²) in [5.74, 6) is 0.344. The molecule has 142 valence electrons. The molecule has 0 unspecified atom stereocenters. The predicted octanol–water partition coefficient (Wildman–Crippen LogP) is 2.59. The SMILES string of the molecule is CN(Cc1cncnc1)C[C@@H]1N[C@H](CO)[C@@H]1c1ccc(C2=CCCC2)cc1. The van der Waals surface area contributed by atoms with Crippen molar-refractivity contribution >= 4 is 5.57 Å². The number of likely N-dealkylation sites (N-methyl/N-ethyl adjacent to an activating group) is 1. The Kier molecular flexibility index (Phi) is 5.62. The van der Waals surface area contributed by atoms with Gasteiger partial charge in [0.05, 0.1) is 6.61 Å². The van der Waals surface area contributed by atoms with E-state index in [1.807, 2.05) is 12.4 Å². The summed E-state index contributed by atoms with van der Waals surface area (Å²) in [5, 5.41) is 13.3. The number of benzene rings is 1. The molecule has 1 saturated heterocycles. The van der Waals surface area contributed by atoms with Crippen molar-refractivity contribution in [3.8, 4) is 0 Å². The van der Waals surface area contributed by atoms with Crippen molar-refractivity contribution in [1.29, 1.82) is 0 Å². The third kappa shape index (κ3) is 4.10. The van der Waals surface area contributed by atoms with Gasteiger partial charge in [0.2, 0.25) is 0 Å². The molecule has 1 aromatic carbocycles. The summed E-state index contributed by atoms with van der Waals surface area (Å²) in [6.45, 7) is 1.91. The van der Waals surface area contributed by atoms with Crippen LogP contribution in [0.15, 0.2) is 49.1 Å². The summed E-state index contributed by atoms with van der Waals surface area (Å²) in [6.07, 6.45) is 11.3. The quantitative estimate of drug-likeness (QED) is 0.791. The topological polar surface area (TPSA) is 61.3 Å². The fourth-order valence-corrected chi connectivity index (χ4v) is 4.42. The van der Waals surface area contributed by atoms with Crippen LogP contribution in [-0.2, 0) is 6.54 Å². The summed E-state index contributed by atoms with van der Waals surface area (Å²) in [6, 6.07) is 9.48. The Morgan fingerprint density at radius 1 is 1.15 bits per heavy atom. The number of nitrogens with one attached hydrogen (secondary N) is 1.